The van der Waals surface area contributed by atoms with Crippen LogP contribution >= 0.6 is 0 Å². The molecule has 2 N–H and O–H groups in total. The molecule has 0 radical (unpaired) electrons. The SMILES string of the molecule is CNC(C)c1ccc(NC(=O)c2cccnc2OC)cc1. The van der Waals surface area contributed by atoms with Crippen LogP contribution in [0.1, 0.15) is 28.9 Å². The van der Waals surface area contributed by atoms with E-state index in [0.717, 1.165) is 11.3 Å². The van der Waals surface area contributed by atoms with Crippen molar-refractivity contribution in [2.24, 2.45) is 0 Å². The van der Waals surface area contributed by atoms with Crippen LogP contribution in [0.15, 0.2) is 42.6 Å². The Labute approximate surface area is 124 Å². The maximum atomic E-state index is 12.2. The number of anilines is 1. The Morgan fingerprint density at radius 1 is 1.24 bits per heavy atom. The van der Waals surface area contributed by atoms with Gasteiger partial charge in [0.15, 0.2) is 0 Å². The molecule has 0 saturated heterocycles. The van der Waals surface area contributed by atoms with E-state index in [0.29, 0.717) is 11.4 Å². The van der Waals surface area contributed by atoms with E-state index in [2.05, 4.69) is 22.5 Å². The Morgan fingerprint density at radius 3 is 2.57 bits per heavy atom. The van der Waals surface area contributed by atoms with Crippen molar-refractivity contribution in [2.45, 2.75) is 13.0 Å². The molecule has 5 nitrogen and oxygen atoms in total. The molecule has 0 aliphatic rings. The van der Waals surface area contributed by atoms with Crippen molar-refractivity contribution in [3.63, 3.8) is 0 Å². The summed E-state index contributed by atoms with van der Waals surface area (Å²) in [5, 5.41) is 6.01. The number of rotatable bonds is 5. The maximum absolute atomic E-state index is 12.2. The molecule has 2 rings (SSSR count). The summed E-state index contributed by atoms with van der Waals surface area (Å²) in [4.78, 5) is 16.2. The van der Waals surface area contributed by atoms with Crippen LogP contribution in [0, 0.1) is 0 Å². The molecule has 0 saturated carbocycles. The van der Waals surface area contributed by atoms with E-state index in [4.69, 9.17) is 4.74 Å². The van der Waals surface area contributed by atoms with Crippen LogP contribution in [0.5, 0.6) is 5.88 Å². The van der Waals surface area contributed by atoms with Crippen LogP contribution in [-0.2, 0) is 0 Å². The second kappa shape index (κ2) is 6.85. The predicted octanol–water partition coefficient (Wildman–Crippen LogP) is 2.62. The highest BCUT2D eigenvalue weighted by Gasteiger charge is 2.13. The van der Waals surface area contributed by atoms with Crippen molar-refractivity contribution < 1.29 is 9.53 Å². The molecule has 21 heavy (non-hydrogen) atoms. The molecule has 0 bridgehead atoms. The lowest BCUT2D eigenvalue weighted by Crippen LogP contribution is -2.14. The number of ether oxygens (including phenoxy) is 1. The highest BCUT2D eigenvalue weighted by Crippen LogP contribution is 2.18. The van der Waals surface area contributed by atoms with E-state index in [9.17, 15) is 4.79 Å². The van der Waals surface area contributed by atoms with E-state index in [1.54, 1.807) is 18.3 Å². The molecule has 1 unspecified atom stereocenters. The van der Waals surface area contributed by atoms with Gasteiger partial charge in [0.25, 0.3) is 5.91 Å². The number of hydrogen-bond donors (Lipinski definition) is 2. The molecule has 2 aromatic rings. The molecule has 0 fully saturated rings. The van der Waals surface area contributed by atoms with Crippen LogP contribution in [-0.4, -0.2) is 25.0 Å². The van der Waals surface area contributed by atoms with Gasteiger partial charge in [-0.3, -0.25) is 4.79 Å². The van der Waals surface area contributed by atoms with Gasteiger partial charge in [0.05, 0.1) is 7.11 Å². The molecule has 0 aliphatic heterocycles. The number of carbonyl (C=O) groups excluding carboxylic acids is 1. The Morgan fingerprint density at radius 2 is 1.95 bits per heavy atom. The molecule has 0 aliphatic carbocycles. The lowest BCUT2D eigenvalue weighted by molar-refractivity contribution is 0.102. The van der Waals surface area contributed by atoms with Crippen LogP contribution in [0.4, 0.5) is 5.69 Å². The van der Waals surface area contributed by atoms with Crippen LogP contribution in [0.3, 0.4) is 0 Å². The van der Waals surface area contributed by atoms with Gasteiger partial charge in [-0.2, -0.15) is 0 Å². The molecule has 1 heterocycles. The van der Waals surface area contributed by atoms with E-state index < -0.39 is 0 Å². The minimum absolute atomic E-state index is 0.241. The van der Waals surface area contributed by atoms with Crippen molar-refractivity contribution in [1.29, 1.82) is 0 Å². The summed E-state index contributed by atoms with van der Waals surface area (Å²) < 4.78 is 5.09. The van der Waals surface area contributed by atoms with Crippen molar-refractivity contribution >= 4 is 11.6 Å². The molecule has 110 valence electrons. The lowest BCUT2D eigenvalue weighted by Gasteiger charge is -2.12. The molecule has 1 amide bonds. The van der Waals surface area contributed by atoms with Gasteiger partial charge in [0.2, 0.25) is 5.88 Å². The average Bonchev–Trinajstić information content (AvgIpc) is 2.54. The average molecular weight is 285 g/mol. The van der Waals surface area contributed by atoms with Crippen molar-refractivity contribution in [1.82, 2.24) is 10.3 Å². The van der Waals surface area contributed by atoms with Crippen molar-refractivity contribution in [2.75, 3.05) is 19.5 Å². The van der Waals surface area contributed by atoms with Gasteiger partial charge in [-0.15, -0.1) is 0 Å². The van der Waals surface area contributed by atoms with Gasteiger partial charge < -0.3 is 15.4 Å². The van der Waals surface area contributed by atoms with Gasteiger partial charge >= 0.3 is 0 Å². The van der Waals surface area contributed by atoms with Gasteiger partial charge in [-0.05, 0) is 43.8 Å². The third kappa shape index (κ3) is 3.58. The highest BCUT2D eigenvalue weighted by atomic mass is 16.5. The number of carbonyl (C=O) groups is 1. The molecule has 0 spiro atoms. The largest absolute Gasteiger partial charge is 0.480 e. The lowest BCUT2D eigenvalue weighted by atomic mass is 10.1. The Balaban J connectivity index is 2.12. The Kier molecular flexibility index (Phi) is 4.90. The fourth-order valence-electron chi connectivity index (χ4n) is 1.95. The second-order valence-corrected chi connectivity index (χ2v) is 4.65. The monoisotopic (exact) mass is 285 g/mol. The predicted molar refractivity (Wildman–Crippen MR) is 82.7 cm³/mol. The number of nitrogens with one attached hydrogen (secondary N) is 2. The first kappa shape index (κ1) is 15.0. The standard InChI is InChI=1S/C16H19N3O2/c1-11(17-2)12-6-8-13(9-7-12)19-15(20)14-5-4-10-18-16(14)21-3/h4-11,17H,1-3H3,(H,19,20). The van der Waals surface area contributed by atoms with Crippen LogP contribution in [0.25, 0.3) is 0 Å². The quantitative estimate of drug-likeness (QED) is 0.886. The highest BCUT2D eigenvalue weighted by molar-refractivity contribution is 6.05. The van der Waals surface area contributed by atoms with E-state index in [-0.39, 0.29) is 11.9 Å². The minimum atomic E-state index is -0.241. The molecule has 1 aromatic carbocycles. The summed E-state index contributed by atoms with van der Waals surface area (Å²) in [5.74, 6) is 0.0739. The smallest absolute Gasteiger partial charge is 0.261 e. The van der Waals surface area contributed by atoms with Gasteiger partial charge in [0.1, 0.15) is 5.56 Å². The van der Waals surface area contributed by atoms with E-state index in [1.165, 1.54) is 7.11 Å². The third-order valence-corrected chi connectivity index (χ3v) is 3.31. The maximum Gasteiger partial charge on any atom is 0.261 e. The molecular weight excluding hydrogens is 266 g/mol. The number of hydrogen-bond acceptors (Lipinski definition) is 4. The first-order valence-corrected chi connectivity index (χ1v) is 6.73. The second-order valence-electron chi connectivity index (χ2n) is 4.65. The number of pyridine rings is 1. The summed E-state index contributed by atoms with van der Waals surface area (Å²) >= 11 is 0. The van der Waals surface area contributed by atoms with Crippen molar-refractivity contribution in [3.05, 3.63) is 53.7 Å². The molecule has 5 heteroatoms. The third-order valence-electron chi connectivity index (χ3n) is 3.31. The van der Waals surface area contributed by atoms with Crippen molar-refractivity contribution in [3.8, 4) is 5.88 Å². The number of nitrogens with zero attached hydrogens (tertiary/aromatic N) is 1. The Hall–Kier alpha value is -2.40. The number of methoxy groups -OCH3 is 1. The van der Waals surface area contributed by atoms with Gasteiger partial charge in [-0.25, -0.2) is 4.98 Å². The topological polar surface area (TPSA) is 63.2 Å². The zero-order valence-corrected chi connectivity index (χ0v) is 12.4. The summed E-state index contributed by atoms with van der Waals surface area (Å²) in [6.07, 6.45) is 1.59. The summed E-state index contributed by atoms with van der Waals surface area (Å²) in [6.45, 7) is 2.08. The zero-order valence-electron chi connectivity index (χ0n) is 12.4. The number of amides is 1. The van der Waals surface area contributed by atoms with Crippen LogP contribution in [0.2, 0.25) is 0 Å². The van der Waals surface area contributed by atoms with E-state index in [1.807, 2.05) is 31.3 Å². The van der Waals surface area contributed by atoms with Gasteiger partial charge in [0, 0.05) is 17.9 Å². The molecule has 1 aromatic heterocycles. The molecular formula is C16H19N3O2. The molecule has 1 atom stereocenters. The van der Waals surface area contributed by atoms with E-state index >= 15 is 0 Å². The van der Waals surface area contributed by atoms with Crippen LogP contribution < -0.4 is 15.4 Å². The minimum Gasteiger partial charge on any atom is -0.480 e. The normalized spacial score (nSPS) is 11.8. The summed E-state index contributed by atoms with van der Waals surface area (Å²) in [5.41, 5.74) is 2.31. The summed E-state index contributed by atoms with van der Waals surface area (Å²) in [6, 6.07) is 11.4. The first-order valence-electron chi connectivity index (χ1n) is 6.73. The van der Waals surface area contributed by atoms with Gasteiger partial charge in [-0.1, -0.05) is 12.1 Å². The zero-order chi connectivity index (χ0) is 15.2. The fraction of sp³-hybridized carbons (Fsp3) is 0.250. The number of aromatic nitrogens is 1. The fourth-order valence-corrected chi connectivity index (χ4v) is 1.95. The first-order chi connectivity index (χ1) is 10.2. The Bertz CT molecular complexity index is 611. The number of benzene rings is 1. The summed E-state index contributed by atoms with van der Waals surface area (Å²) in [7, 11) is 3.40.